The van der Waals surface area contributed by atoms with E-state index in [4.69, 9.17) is 27.9 Å². The van der Waals surface area contributed by atoms with Gasteiger partial charge in [-0.25, -0.2) is 13.2 Å². The van der Waals surface area contributed by atoms with Crippen molar-refractivity contribution >= 4 is 39.1 Å². The highest BCUT2D eigenvalue weighted by molar-refractivity contribution is 7.92. The number of ether oxygens (including phenoxy) is 1. The molecule has 0 spiro atoms. The fourth-order valence-corrected chi connectivity index (χ4v) is 8.76. The Labute approximate surface area is 245 Å². The van der Waals surface area contributed by atoms with E-state index in [1.165, 1.54) is 0 Å². The average molecular weight is 604 g/mol. The number of rotatable bonds is 7. The van der Waals surface area contributed by atoms with Crippen LogP contribution in [0.25, 0.3) is 0 Å². The Hall–Kier alpha value is -2.78. The van der Waals surface area contributed by atoms with Gasteiger partial charge in [0.25, 0.3) is 0 Å². The molecular formula is C30H32Cl2N2O5S. The van der Waals surface area contributed by atoms with Crippen LogP contribution in [0, 0.1) is 0 Å². The van der Waals surface area contributed by atoms with Gasteiger partial charge in [-0.05, 0) is 80.6 Å². The number of fused-ring (bicyclic) bond motifs is 3. The maximum Gasteiger partial charge on any atom is 0.317 e. The van der Waals surface area contributed by atoms with Gasteiger partial charge in [0.1, 0.15) is 17.1 Å². The molecule has 1 fully saturated rings. The number of amides is 2. The van der Waals surface area contributed by atoms with Crippen molar-refractivity contribution in [2.75, 3.05) is 13.1 Å². The van der Waals surface area contributed by atoms with Gasteiger partial charge in [-0.3, -0.25) is 0 Å². The Morgan fingerprint density at radius 1 is 1.10 bits per heavy atom. The number of sulfone groups is 1. The summed E-state index contributed by atoms with van der Waals surface area (Å²) in [6.07, 6.45) is 1.30. The van der Waals surface area contributed by atoms with Crippen LogP contribution in [-0.2, 0) is 27.6 Å². The second-order valence-electron chi connectivity index (χ2n) is 11.0. The predicted molar refractivity (Wildman–Crippen MR) is 156 cm³/mol. The molecule has 40 heavy (non-hydrogen) atoms. The largest absolute Gasteiger partial charge is 0.489 e. The number of carbonyl (C=O) groups is 1. The molecule has 0 aromatic heterocycles. The van der Waals surface area contributed by atoms with Gasteiger partial charge < -0.3 is 20.1 Å². The van der Waals surface area contributed by atoms with Crippen molar-refractivity contribution in [1.29, 1.82) is 0 Å². The van der Waals surface area contributed by atoms with Crippen molar-refractivity contribution in [3.63, 3.8) is 0 Å². The number of nitrogens with one attached hydrogen (secondary N) is 1. The third-order valence-electron chi connectivity index (χ3n) is 7.77. The van der Waals surface area contributed by atoms with E-state index in [0.29, 0.717) is 39.8 Å². The van der Waals surface area contributed by atoms with E-state index >= 15 is 0 Å². The van der Waals surface area contributed by atoms with Gasteiger partial charge in [-0.2, -0.15) is 0 Å². The van der Waals surface area contributed by atoms with Gasteiger partial charge in [0, 0.05) is 28.7 Å². The topological polar surface area (TPSA) is 95.9 Å². The molecule has 0 unspecified atom stereocenters. The minimum Gasteiger partial charge on any atom is -0.489 e. The number of hydrogen-bond acceptors (Lipinski definition) is 5. The molecule has 0 radical (unpaired) electrons. The Morgan fingerprint density at radius 3 is 2.48 bits per heavy atom. The minimum atomic E-state index is -3.91. The van der Waals surface area contributed by atoms with E-state index < -0.39 is 26.2 Å². The third-order valence-corrected chi connectivity index (χ3v) is 11.0. The average Bonchev–Trinajstić information content (AvgIpc) is 3.33. The molecule has 1 saturated heterocycles. The fraction of sp³-hybridized carbons (Fsp3) is 0.367. The Bertz CT molecular complexity index is 1500. The Balaban J connectivity index is 1.52. The summed E-state index contributed by atoms with van der Waals surface area (Å²) in [5.74, 6) is 0.582. The maximum atomic E-state index is 14.5. The smallest absolute Gasteiger partial charge is 0.317 e. The lowest BCUT2D eigenvalue weighted by Crippen LogP contribution is -2.54. The summed E-state index contributed by atoms with van der Waals surface area (Å²) in [6, 6.07) is 18.2. The molecular weight excluding hydrogens is 571 g/mol. The lowest BCUT2D eigenvalue weighted by molar-refractivity contribution is 0.0788. The fourth-order valence-electron chi connectivity index (χ4n) is 5.87. The van der Waals surface area contributed by atoms with Crippen LogP contribution in [0.3, 0.4) is 0 Å². The van der Waals surface area contributed by atoms with Crippen LogP contribution in [0.5, 0.6) is 5.75 Å². The lowest BCUT2D eigenvalue weighted by atomic mass is 9.78. The molecule has 1 aliphatic heterocycles. The first kappa shape index (κ1) is 28.7. The monoisotopic (exact) mass is 602 g/mol. The highest BCUT2D eigenvalue weighted by Gasteiger charge is 2.60. The minimum absolute atomic E-state index is 0.0558. The van der Waals surface area contributed by atoms with Crippen LogP contribution in [0.15, 0.2) is 71.6 Å². The van der Waals surface area contributed by atoms with E-state index in [2.05, 4.69) is 5.32 Å². The van der Waals surface area contributed by atoms with E-state index in [9.17, 15) is 18.3 Å². The molecule has 1 heterocycles. The predicted octanol–water partition coefficient (Wildman–Crippen LogP) is 5.74. The van der Waals surface area contributed by atoms with Gasteiger partial charge >= 0.3 is 6.03 Å². The molecule has 2 aliphatic rings. The normalized spacial score (nSPS) is 20.5. The van der Waals surface area contributed by atoms with Crippen LogP contribution in [0.4, 0.5) is 4.79 Å². The third kappa shape index (κ3) is 5.18. The van der Waals surface area contributed by atoms with Crippen LogP contribution in [0.2, 0.25) is 10.0 Å². The van der Waals surface area contributed by atoms with Crippen molar-refractivity contribution in [2.45, 2.75) is 61.0 Å². The van der Waals surface area contributed by atoms with E-state index in [-0.39, 0.29) is 37.0 Å². The molecule has 7 nitrogen and oxygen atoms in total. The van der Waals surface area contributed by atoms with Crippen molar-refractivity contribution in [3.8, 4) is 5.75 Å². The summed E-state index contributed by atoms with van der Waals surface area (Å²) in [7, 11) is -3.91. The van der Waals surface area contributed by atoms with Gasteiger partial charge in [-0.1, -0.05) is 53.5 Å². The standard InChI is InChI=1S/C30H32Cl2N2O5S/c1-29(2,36)19-33-28(35)34-16-15-30(40(37,38)22-7-4-3-5-8-22)24-13-12-21(17-20(24)11-14-27(30)34)39-18-23-25(31)9-6-10-26(23)32/h3-10,12-13,17,27,36H,11,14-16,18-19H2,1-2H3,(H,33,35)/t27-,30-/m1/s1. The lowest BCUT2D eigenvalue weighted by Gasteiger charge is -2.42. The Morgan fingerprint density at radius 2 is 1.80 bits per heavy atom. The molecule has 2 amide bonds. The second-order valence-corrected chi connectivity index (χ2v) is 14.0. The summed E-state index contributed by atoms with van der Waals surface area (Å²) in [5, 5.41) is 13.9. The van der Waals surface area contributed by atoms with E-state index in [1.54, 1.807) is 73.3 Å². The zero-order chi connectivity index (χ0) is 28.7. The summed E-state index contributed by atoms with van der Waals surface area (Å²) in [6.45, 7) is 3.72. The number of aryl methyl sites for hydroxylation is 1. The van der Waals surface area contributed by atoms with Crippen LogP contribution in [0.1, 0.15) is 43.4 Å². The molecule has 3 aromatic rings. The molecule has 2 N–H and O–H groups in total. The highest BCUT2D eigenvalue weighted by atomic mass is 35.5. The molecule has 0 saturated carbocycles. The molecule has 5 rings (SSSR count). The SMILES string of the molecule is CC(C)(O)CNC(=O)N1CC[C@@]2(S(=O)(=O)c3ccccc3)c3ccc(OCc4c(Cl)cccc4Cl)cc3CC[C@@H]12. The molecule has 3 aromatic carbocycles. The molecule has 2 atom stereocenters. The van der Waals surface area contributed by atoms with Crippen molar-refractivity contribution in [2.24, 2.45) is 0 Å². The molecule has 10 heteroatoms. The van der Waals surface area contributed by atoms with Crippen molar-refractivity contribution < 1.29 is 23.1 Å². The van der Waals surface area contributed by atoms with E-state index in [0.717, 1.165) is 5.56 Å². The molecule has 212 valence electrons. The van der Waals surface area contributed by atoms with Crippen LogP contribution in [-0.4, -0.2) is 49.2 Å². The van der Waals surface area contributed by atoms with E-state index in [1.807, 2.05) is 12.1 Å². The molecule has 0 bridgehead atoms. The number of nitrogens with zero attached hydrogens (tertiary/aromatic N) is 1. The maximum absolute atomic E-state index is 14.5. The second kappa shape index (κ2) is 10.9. The Kier molecular flexibility index (Phi) is 7.83. The first-order chi connectivity index (χ1) is 18.9. The summed E-state index contributed by atoms with van der Waals surface area (Å²) in [5.41, 5.74) is 1.15. The van der Waals surface area contributed by atoms with Gasteiger partial charge in [0.05, 0.1) is 16.5 Å². The first-order valence-electron chi connectivity index (χ1n) is 13.2. The van der Waals surface area contributed by atoms with Crippen LogP contribution < -0.4 is 10.1 Å². The summed E-state index contributed by atoms with van der Waals surface area (Å²) >= 11 is 12.6. The first-order valence-corrected chi connectivity index (χ1v) is 15.4. The van der Waals surface area contributed by atoms with Crippen LogP contribution >= 0.6 is 23.2 Å². The highest BCUT2D eigenvalue weighted by Crippen LogP contribution is 2.53. The number of carbonyl (C=O) groups excluding carboxylic acids is 1. The number of hydrogen-bond donors (Lipinski definition) is 2. The number of benzene rings is 3. The summed E-state index contributed by atoms with van der Waals surface area (Å²) in [4.78, 5) is 15.1. The van der Waals surface area contributed by atoms with Gasteiger partial charge in [0.2, 0.25) is 0 Å². The summed E-state index contributed by atoms with van der Waals surface area (Å²) < 4.78 is 33.6. The number of aliphatic hydroxyl groups is 1. The van der Waals surface area contributed by atoms with Crippen molar-refractivity contribution in [1.82, 2.24) is 10.2 Å². The number of likely N-dealkylation sites (tertiary alicyclic amines) is 1. The zero-order valence-electron chi connectivity index (χ0n) is 22.4. The number of urea groups is 1. The van der Waals surface area contributed by atoms with Crippen molar-refractivity contribution in [3.05, 3.63) is 93.5 Å². The zero-order valence-corrected chi connectivity index (χ0v) is 24.7. The van der Waals surface area contributed by atoms with Gasteiger partial charge in [0.15, 0.2) is 9.84 Å². The molecule has 1 aliphatic carbocycles. The quantitative estimate of drug-likeness (QED) is 0.359. The van der Waals surface area contributed by atoms with Gasteiger partial charge in [-0.15, -0.1) is 0 Å². The number of halogens is 2.